The number of hydrogen-bond acceptors (Lipinski definition) is 2. The highest BCUT2D eigenvalue weighted by Gasteiger charge is 2.29. The van der Waals surface area contributed by atoms with Gasteiger partial charge in [0.25, 0.3) is 0 Å². The first-order valence-corrected chi connectivity index (χ1v) is 5.47. The molecular formula is C12H15ClO3. The first kappa shape index (κ1) is 13.0. The molecule has 1 rings (SSSR count). The van der Waals surface area contributed by atoms with Gasteiger partial charge < -0.3 is 10.2 Å². The molecule has 88 valence electrons. The summed E-state index contributed by atoms with van der Waals surface area (Å²) in [5.41, 5.74) is 0.619. The Morgan fingerprint density at radius 2 is 2.00 bits per heavy atom. The maximum atomic E-state index is 11.2. The number of aliphatic hydroxyl groups is 1. The van der Waals surface area contributed by atoms with E-state index in [2.05, 4.69) is 0 Å². The van der Waals surface area contributed by atoms with Crippen molar-refractivity contribution in [3.05, 3.63) is 34.9 Å². The Hall–Kier alpha value is -1.06. The molecular weight excluding hydrogens is 228 g/mol. The monoisotopic (exact) mass is 242 g/mol. The summed E-state index contributed by atoms with van der Waals surface area (Å²) < 4.78 is 0. The molecule has 3 nitrogen and oxygen atoms in total. The van der Waals surface area contributed by atoms with E-state index in [-0.39, 0.29) is 5.92 Å². The van der Waals surface area contributed by atoms with Crippen molar-refractivity contribution in [2.24, 2.45) is 5.92 Å². The molecule has 0 amide bonds. The van der Waals surface area contributed by atoms with Crippen molar-refractivity contribution >= 4 is 17.6 Å². The van der Waals surface area contributed by atoms with Crippen molar-refractivity contribution in [3.8, 4) is 0 Å². The van der Waals surface area contributed by atoms with Gasteiger partial charge in [0.1, 0.15) is 0 Å². The molecule has 3 atom stereocenters. The molecule has 4 heteroatoms. The molecule has 0 aliphatic rings. The molecule has 0 saturated carbocycles. The molecule has 0 bridgehead atoms. The van der Waals surface area contributed by atoms with Crippen LogP contribution >= 0.6 is 11.6 Å². The van der Waals surface area contributed by atoms with Gasteiger partial charge in [-0.25, -0.2) is 0 Å². The van der Waals surface area contributed by atoms with Crippen molar-refractivity contribution in [3.63, 3.8) is 0 Å². The van der Waals surface area contributed by atoms with Crippen LogP contribution in [0.5, 0.6) is 0 Å². The van der Waals surface area contributed by atoms with Crippen molar-refractivity contribution in [2.75, 3.05) is 0 Å². The summed E-state index contributed by atoms with van der Waals surface area (Å²) in [6.07, 6.45) is -0.680. The van der Waals surface area contributed by atoms with E-state index in [0.29, 0.717) is 10.6 Å². The average molecular weight is 243 g/mol. The fourth-order valence-electron chi connectivity index (χ4n) is 1.65. The summed E-state index contributed by atoms with van der Waals surface area (Å²) in [6.45, 7) is 3.30. The summed E-state index contributed by atoms with van der Waals surface area (Å²) in [6, 6.07) is 6.74. The van der Waals surface area contributed by atoms with Crippen molar-refractivity contribution in [1.29, 1.82) is 0 Å². The molecule has 2 N–H and O–H groups in total. The van der Waals surface area contributed by atoms with Crippen LogP contribution < -0.4 is 0 Å². The molecule has 0 aliphatic carbocycles. The Kier molecular flexibility index (Phi) is 4.33. The molecule has 0 aliphatic heterocycles. The third kappa shape index (κ3) is 2.97. The van der Waals surface area contributed by atoms with Crippen LogP contribution in [-0.4, -0.2) is 22.3 Å². The lowest BCUT2D eigenvalue weighted by molar-refractivity contribution is -0.141. The fraction of sp³-hybridized carbons (Fsp3) is 0.417. The highest BCUT2D eigenvalue weighted by Crippen LogP contribution is 2.29. The van der Waals surface area contributed by atoms with Crippen LogP contribution in [0.3, 0.4) is 0 Å². The van der Waals surface area contributed by atoms with Gasteiger partial charge in [-0.3, -0.25) is 4.79 Å². The highest BCUT2D eigenvalue weighted by molar-refractivity contribution is 6.30. The van der Waals surface area contributed by atoms with Gasteiger partial charge in [-0.2, -0.15) is 0 Å². The van der Waals surface area contributed by atoms with Crippen molar-refractivity contribution in [1.82, 2.24) is 0 Å². The van der Waals surface area contributed by atoms with E-state index in [9.17, 15) is 15.0 Å². The lowest BCUT2D eigenvalue weighted by Crippen LogP contribution is -2.27. The molecule has 3 unspecified atom stereocenters. The molecule has 16 heavy (non-hydrogen) atoms. The number of carboxylic acid groups (broad SMARTS) is 1. The van der Waals surface area contributed by atoms with Crippen LogP contribution in [-0.2, 0) is 4.79 Å². The minimum Gasteiger partial charge on any atom is -0.481 e. The van der Waals surface area contributed by atoms with E-state index in [1.54, 1.807) is 38.1 Å². The van der Waals surface area contributed by atoms with Crippen LogP contribution in [0.25, 0.3) is 0 Å². The standard InChI is InChI=1S/C12H15ClO3/c1-7(8(2)14)11(12(15)16)9-4-3-5-10(13)6-9/h3-8,11,14H,1-2H3,(H,15,16). The third-order valence-corrected chi connectivity index (χ3v) is 3.00. The van der Waals surface area contributed by atoms with Gasteiger partial charge in [0.2, 0.25) is 0 Å². The Labute approximate surface area is 99.7 Å². The second kappa shape index (κ2) is 5.32. The Morgan fingerprint density at radius 3 is 2.44 bits per heavy atom. The lowest BCUT2D eigenvalue weighted by Gasteiger charge is -2.23. The smallest absolute Gasteiger partial charge is 0.311 e. The second-order valence-electron chi connectivity index (χ2n) is 3.97. The lowest BCUT2D eigenvalue weighted by atomic mass is 9.84. The van der Waals surface area contributed by atoms with Gasteiger partial charge in [0.15, 0.2) is 0 Å². The van der Waals surface area contributed by atoms with Gasteiger partial charge in [-0.1, -0.05) is 30.7 Å². The first-order chi connectivity index (χ1) is 7.43. The zero-order chi connectivity index (χ0) is 12.3. The van der Waals surface area contributed by atoms with E-state index in [4.69, 9.17) is 11.6 Å². The predicted octanol–water partition coefficient (Wildman–Crippen LogP) is 2.53. The molecule has 0 aromatic heterocycles. The molecule has 1 aromatic carbocycles. The SMILES string of the molecule is CC(O)C(C)C(C(=O)O)c1cccc(Cl)c1. The Balaban J connectivity index is 3.08. The number of carbonyl (C=O) groups is 1. The molecule has 0 radical (unpaired) electrons. The van der Waals surface area contributed by atoms with Gasteiger partial charge in [-0.05, 0) is 30.5 Å². The molecule has 0 fully saturated rings. The molecule has 0 heterocycles. The van der Waals surface area contributed by atoms with E-state index in [0.717, 1.165) is 0 Å². The third-order valence-electron chi connectivity index (χ3n) is 2.76. The Morgan fingerprint density at radius 1 is 1.38 bits per heavy atom. The number of aliphatic hydroxyl groups excluding tert-OH is 1. The number of aliphatic carboxylic acids is 1. The fourth-order valence-corrected chi connectivity index (χ4v) is 1.85. The summed E-state index contributed by atoms with van der Waals surface area (Å²) in [4.78, 5) is 11.2. The average Bonchev–Trinajstić information content (AvgIpc) is 2.17. The summed E-state index contributed by atoms with van der Waals surface area (Å²) in [5.74, 6) is -2.05. The summed E-state index contributed by atoms with van der Waals surface area (Å²) in [5, 5.41) is 19.2. The first-order valence-electron chi connectivity index (χ1n) is 5.09. The highest BCUT2D eigenvalue weighted by atomic mass is 35.5. The number of rotatable bonds is 4. The molecule has 0 saturated heterocycles. The maximum absolute atomic E-state index is 11.2. The van der Waals surface area contributed by atoms with Crippen LogP contribution in [0, 0.1) is 5.92 Å². The van der Waals surface area contributed by atoms with E-state index < -0.39 is 18.0 Å². The topological polar surface area (TPSA) is 57.5 Å². The second-order valence-corrected chi connectivity index (χ2v) is 4.41. The van der Waals surface area contributed by atoms with Crippen molar-refractivity contribution in [2.45, 2.75) is 25.9 Å². The zero-order valence-corrected chi connectivity index (χ0v) is 9.98. The summed E-state index contributed by atoms with van der Waals surface area (Å²) in [7, 11) is 0. The van der Waals surface area contributed by atoms with Gasteiger partial charge in [-0.15, -0.1) is 0 Å². The zero-order valence-electron chi connectivity index (χ0n) is 9.22. The maximum Gasteiger partial charge on any atom is 0.311 e. The normalized spacial score (nSPS) is 16.5. The largest absolute Gasteiger partial charge is 0.481 e. The van der Waals surface area contributed by atoms with Crippen molar-refractivity contribution < 1.29 is 15.0 Å². The summed E-state index contributed by atoms with van der Waals surface area (Å²) >= 11 is 5.82. The predicted molar refractivity (Wildman–Crippen MR) is 62.7 cm³/mol. The quantitative estimate of drug-likeness (QED) is 0.853. The van der Waals surface area contributed by atoms with E-state index in [1.807, 2.05) is 0 Å². The van der Waals surface area contributed by atoms with Gasteiger partial charge >= 0.3 is 5.97 Å². The van der Waals surface area contributed by atoms with Crippen LogP contribution in [0.2, 0.25) is 5.02 Å². The van der Waals surface area contributed by atoms with Crippen LogP contribution in [0.4, 0.5) is 0 Å². The number of benzene rings is 1. The minimum absolute atomic E-state index is 0.365. The number of carboxylic acids is 1. The van der Waals surface area contributed by atoms with Crippen LogP contribution in [0.15, 0.2) is 24.3 Å². The van der Waals surface area contributed by atoms with E-state index in [1.165, 1.54) is 0 Å². The number of halogens is 1. The Bertz CT molecular complexity index is 376. The van der Waals surface area contributed by atoms with Gasteiger partial charge in [0.05, 0.1) is 12.0 Å². The number of hydrogen-bond donors (Lipinski definition) is 2. The molecule has 0 spiro atoms. The minimum atomic E-state index is -0.948. The van der Waals surface area contributed by atoms with Gasteiger partial charge in [0, 0.05) is 5.02 Å². The molecule has 1 aromatic rings. The van der Waals surface area contributed by atoms with E-state index >= 15 is 0 Å². The van der Waals surface area contributed by atoms with Crippen LogP contribution in [0.1, 0.15) is 25.3 Å².